The third-order valence-corrected chi connectivity index (χ3v) is 5.01. The molecule has 30 heavy (non-hydrogen) atoms. The third-order valence-electron chi connectivity index (χ3n) is 5.01. The van der Waals surface area contributed by atoms with Crippen LogP contribution in [0.25, 0.3) is 16.9 Å². The van der Waals surface area contributed by atoms with Gasteiger partial charge in [0.2, 0.25) is 0 Å². The van der Waals surface area contributed by atoms with Gasteiger partial charge in [-0.3, -0.25) is 4.79 Å². The van der Waals surface area contributed by atoms with Gasteiger partial charge in [0.1, 0.15) is 5.75 Å². The first kappa shape index (κ1) is 19.6. The molecule has 4 rings (SSSR count). The zero-order valence-corrected chi connectivity index (χ0v) is 17.4. The summed E-state index contributed by atoms with van der Waals surface area (Å²) in [6.07, 6.45) is -0.634. The number of nitrogens with zero attached hydrogens (tertiary/aromatic N) is 4. The van der Waals surface area contributed by atoms with E-state index in [0.717, 1.165) is 16.8 Å². The Morgan fingerprint density at radius 3 is 2.63 bits per heavy atom. The van der Waals surface area contributed by atoms with E-state index < -0.39 is 6.10 Å². The molecule has 0 saturated heterocycles. The molecule has 152 valence electrons. The van der Waals surface area contributed by atoms with Gasteiger partial charge in [0.05, 0.1) is 5.69 Å². The molecule has 1 N–H and O–H groups in total. The molecule has 0 spiro atoms. The topological polar surface area (TPSA) is 81.4 Å². The van der Waals surface area contributed by atoms with E-state index in [1.54, 1.807) is 11.4 Å². The molecule has 0 fully saturated rings. The first-order valence-corrected chi connectivity index (χ1v) is 9.75. The Kier molecular flexibility index (Phi) is 5.18. The average molecular weight is 401 g/mol. The van der Waals surface area contributed by atoms with E-state index in [-0.39, 0.29) is 5.91 Å². The zero-order valence-electron chi connectivity index (χ0n) is 17.4. The summed E-state index contributed by atoms with van der Waals surface area (Å²) in [7, 11) is 0. The molecule has 2 aromatic carbocycles. The van der Waals surface area contributed by atoms with Crippen molar-refractivity contribution in [3.63, 3.8) is 0 Å². The summed E-state index contributed by atoms with van der Waals surface area (Å²) in [4.78, 5) is 12.6. The van der Waals surface area contributed by atoms with Crippen LogP contribution in [0.4, 0.5) is 5.69 Å². The van der Waals surface area contributed by atoms with Gasteiger partial charge in [-0.05, 0) is 75.2 Å². The predicted octanol–water partition coefficient (Wildman–Crippen LogP) is 4.12. The highest BCUT2D eigenvalue weighted by Gasteiger charge is 2.16. The zero-order chi connectivity index (χ0) is 21.3. The van der Waals surface area contributed by atoms with E-state index in [4.69, 9.17) is 4.74 Å². The fourth-order valence-electron chi connectivity index (χ4n) is 3.10. The Labute approximate surface area is 174 Å². The lowest BCUT2D eigenvalue weighted by molar-refractivity contribution is -0.122. The monoisotopic (exact) mass is 401 g/mol. The summed E-state index contributed by atoms with van der Waals surface area (Å²) in [5, 5.41) is 15.6. The lowest BCUT2D eigenvalue weighted by Gasteiger charge is -2.16. The molecule has 0 saturated carbocycles. The maximum Gasteiger partial charge on any atom is 0.265 e. The van der Waals surface area contributed by atoms with Crippen LogP contribution in [0.5, 0.6) is 5.75 Å². The number of carbonyl (C=O) groups excluding carboxylic acids is 1. The second-order valence-electron chi connectivity index (χ2n) is 7.31. The Hall–Kier alpha value is -3.74. The van der Waals surface area contributed by atoms with Crippen LogP contribution >= 0.6 is 0 Å². The minimum atomic E-state index is -0.634. The van der Waals surface area contributed by atoms with Crippen LogP contribution in [-0.4, -0.2) is 31.8 Å². The second-order valence-corrected chi connectivity index (χ2v) is 7.31. The highest BCUT2D eigenvalue weighted by atomic mass is 16.5. The number of hydrogen-bond donors (Lipinski definition) is 1. The predicted molar refractivity (Wildman–Crippen MR) is 116 cm³/mol. The number of ether oxygens (including phenoxy) is 1. The number of carbonyl (C=O) groups is 1. The summed E-state index contributed by atoms with van der Waals surface area (Å²) >= 11 is 0. The maximum absolute atomic E-state index is 12.6. The van der Waals surface area contributed by atoms with Gasteiger partial charge >= 0.3 is 0 Å². The number of aryl methyl sites for hydroxylation is 3. The van der Waals surface area contributed by atoms with Crippen LogP contribution in [0.3, 0.4) is 0 Å². The van der Waals surface area contributed by atoms with Gasteiger partial charge in [-0.2, -0.15) is 9.61 Å². The van der Waals surface area contributed by atoms with Crippen molar-refractivity contribution >= 4 is 17.2 Å². The number of benzene rings is 2. The molecule has 7 nitrogen and oxygen atoms in total. The Morgan fingerprint density at radius 2 is 1.83 bits per heavy atom. The molecule has 0 radical (unpaired) electrons. The van der Waals surface area contributed by atoms with Crippen LogP contribution in [0.1, 0.15) is 23.9 Å². The Bertz CT molecular complexity index is 1230. The van der Waals surface area contributed by atoms with Crippen molar-refractivity contribution in [3.05, 3.63) is 71.5 Å². The second kappa shape index (κ2) is 7.94. The van der Waals surface area contributed by atoms with Gasteiger partial charge < -0.3 is 10.1 Å². The molecule has 1 amide bonds. The first-order chi connectivity index (χ1) is 14.4. The lowest BCUT2D eigenvalue weighted by atomic mass is 10.1. The molecule has 4 aromatic rings. The van der Waals surface area contributed by atoms with Gasteiger partial charge in [0.25, 0.3) is 5.91 Å². The molecule has 1 unspecified atom stereocenters. The summed E-state index contributed by atoms with van der Waals surface area (Å²) in [6, 6.07) is 17.1. The molecule has 2 aromatic heterocycles. The lowest BCUT2D eigenvalue weighted by Crippen LogP contribution is -2.30. The van der Waals surface area contributed by atoms with E-state index >= 15 is 0 Å². The quantitative estimate of drug-likeness (QED) is 0.544. The normalized spacial score (nSPS) is 12.0. The maximum atomic E-state index is 12.6. The van der Waals surface area contributed by atoms with Gasteiger partial charge in [-0.1, -0.05) is 18.2 Å². The van der Waals surface area contributed by atoms with E-state index in [1.807, 2.05) is 75.4 Å². The highest BCUT2D eigenvalue weighted by Crippen LogP contribution is 2.22. The number of hydrogen-bond acceptors (Lipinski definition) is 5. The van der Waals surface area contributed by atoms with E-state index in [2.05, 4.69) is 20.6 Å². The molecule has 0 bridgehead atoms. The number of anilines is 1. The van der Waals surface area contributed by atoms with Crippen LogP contribution in [0, 0.1) is 20.8 Å². The largest absolute Gasteiger partial charge is 0.481 e. The summed E-state index contributed by atoms with van der Waals surface area (Å²) < 4.78 is 7.50. The summed E-state index contributed by atoms with van der Waals surface area (Å²) in [5.41, 5.74) is 5.32. The van der Waals surface area contributed by atoms with Crippen molar-refractivity contribution < 1.29 is 9.53 Å². The molecular formula is C23H23N5O2. The summed E-state index contributed by atoms with van der Waals surface area (Å²) in [6.45, 7) is 7.65. The molecule has 0 aliphatic rings. The molecule has 7 heteroatoms. The fraction of sp³-hybridized carbons (Fsp3) is 0.217. The van der Waals surface area contributed by atoms with E-state index in [9.17, 15) is 4.79 Å². The van der Waals surface area contributed by atoms with Gasteiger partial charge in [0.15, 0.2) is 17.6 Å². The number of nitrogens with one attached hydrogen (secondary N) is 1. The summed E-state index contributed by atoms with van der Waals surface area (Å²) in [5.74, 6) is 1.17. The highest BCUT2D eigenvalue weighted by molar-refractivity contribution is 5.94. The van der Waals surface area contributed by atoms with Crippen LogP contribution in [0.15, 0.2) is 54.6 Å². The van der Waals surface area contributed by atoms with Crippen molar-refractivity contribution in [1.29, 1.82) is 0 Å². The molecule has 0 aliphatic heterocycles. The van der Waals surface area contributed by atoms with Crippen molar-refractivity contribution in [2.45, 2.75) is 33.8 Å². The van der Waals surface area contributed by atoms with E-state index in [1.165, 1.54) is 5.56 Å². The van der Waals surface area contributed by atoms with Crippen LogP contribution in [0.2, 0.25) is 0 Å². The first-order valence-electron chi connectivity index (χ1n) is 9.75. The molecule has 0 aliphatic carbocycles. The van der Waals surface area contributed by atoms with E-state index in [0.29, 0.717) is 22.9 Å². The van der Waals surface area contributed by atoms with Crippen molar-refractivity contribution in [2.75, 3.05) is 5.32 Å². The Morgan fingerprint density at radius 1 is 1.00 bits per heavy atom. The van der Waals surface area contributed by atoms with Crippen LogP contribution < -0.4 is 10.1 Å². The minimum absolute atomic E-state index is 0.219. The molecule has 1 atom stereocenters. The number of amides is 1. The minimum Gasteiger partial charge on any atom is -0.481 e. The number of fused-ring (bicyclic) bond motifs is 1. The van der Waals surface area contributed by atoms with Gasteiger partial charge in [-0.15, -0.1) is 10.2 Å². The number of rotatable bonds is 5. The number of aromatic nitrogens is 4. The fourth-order valence-corrected chi connectivity index (χ4v) is 3.10. The van der Waals surface area contributed by atoms with Crippen molar-refractivity contribution in [2.24, 2.45) is 0 Å². The standard InChI is InChI=1S/C23H23N5O2/c1-14-8-9-20(12-15(14)2)30-16(3)23(29)24-19-7-5-6-18(13-19)21-10-11-22-26-25-17(4)28(22)27-21/h5-13,16H,1-4H3,(H,24,29). The average Bonchev–Trinajstić information content (AvgIpc) is 3.11. The molecular weight excluding hydrogens is 378 g/mol. The smallest absolute Gasteiger partial charge is 0.265 e. The van der Waals surface area contributed by atoms with Crippen LogP contribution in [-0.2, 0) is 4.79 Å². The SMILES string of the molecule is Cc1ccc(OC(C)C(=O)Nc2cccc(-c3ccc4nnc(C)n4n3)c2)cc1C. The molecule has 2 heterocycles. The van der Waals surface area contributed by atoms with Gasteiger partial charge in [-0.25, -0.2) is 0 Å². The van der Waals surface area contributed by atoms with Crippen molar-refractivity contribution in [1.82, 2.24) is 19.8 Å². The van der Waals surface area contributed by atoms with Crippen molar-refractivity contribution in [3.8, 4) is 17.0 Å². The Balaban J connectivity index is 1.49. The third kappa shape index (κ3) is 4.00. The van der Waals surface area contributed by atoms with Gasteiger partial charge in [0, 0.05) is 11.3 Å².